The lowest BCUT2D eigenvalue weighted by Crippen LogP contribution is -2.70. The van der Waals surface area contributed by atoms with Crippen LogP contribution in [0.1, 0.15) is 5.69 Å². The van der Waals surface area contributed by atoms with E-state index < -0.39 is 29.4 Å². The Morgan fingerprint density at radius 3 is 2.81 bits per heavy atom. The maximum atomic E-state index is 13.2. The standard InChI is InChI=1S/C24H19N7O8S4/c1-2-5-38-30-15(12-9-41-22(25)26-12)17(34)27-16-19(35)31-20(39-24(36)37)11(7-40-21(16)31)8-42-23-29-28-18(43-23)10-3-4-13(32)14(33)6-10/h1,3-4,6,9,16,21,32-33H,5,7-8H2,(H2,25,26)(H,27,34)(H,36,37)/t16-,21+/m1/s1. The van der Waals surface area contributed by atoms with E-state index in [-0.39, 0.29) is 46.3 Å². The first kappa shape index (κ1) is 30.0. The van der Waals surface area contributed by atoms with Crippen LogP contribution in [0.2, 0.25) is 0 Å². The summed E-state index contributed by atoms with van der Waals surface area (Å²) >= 11 is 4.87. The van der Waals surface area contributed by atoms with Crippen molar-refractivity contribution in [3.8, 4) is 34.4 Å². The van der Waals surface area contributed by atoms with Crippen LogP contribution in [0.15, 0.2) is 44.5 Å². The summed E-state index contributed by atoms with van der Waals surface area (Å²) in [6.45, 7) is -0.203. The summed E-state index contributed by atoms with van der Waals surface area (Å²) < 4.78 is 5.57. The van der Waals surface area contributed by atoms with Gasteiger partial charge in [0.25, 0.3) is 11.8 Å². The van der Waals surface area contributed by atoms with Gasteiger partial charge in [0.2, 0.25) is 5.88 Å². The van der Waals surface area contributed by atoms with Crippen LogP contribution in [0.3, 0.4) is 0 Å². The summed E-state index contributed by atoms with van der Waals surface area (Å²) in [6, 6.07) is 3.27. The van der Waals surface area contributed by atoms with E-state index in [0.717, 1.165) is 11.3 Å². The second-order valence-electron chi connectivity index (χ2n) is 8.49. The second kappa shape index (κ2) is 12.8. The number of carbonyl (C=O) groups is 3. The predicted molar refractivity (Wildman–Crippen MR) is 158 cm³/mol. The fraction of sp³-hybridized carbons (Fsp3) is 0.208. The Bertz CT molecular complexity index is 1700. The first-order valence-corrected chi connectivity index (χ1v) is 15.6. The van der Waals surface area contributed by atoms with E-state index in [2.05, 4.69) is 31.6 Å². The van der Waals surface area contributed by atoms with Crippen LogP contribution >= 0.6 is 46.2 Å². The zero-order valence-corrected chi connectivity index (χ0v) is 24.8. The molecule has 0 aliphatic carbocycles. The highest BCUT2D eigenvalue weighted by Gasteiger charge is 2.54. The Hall–Kier alpha value is -4.51. The number of aromatic hydroxyl groups is 2. The highest BCUT2D eigenvalue weighted by atomic mass is 32.2. The zero-order chi connectivity index (χ0) is 30.7. The Labute approximate surface area is 258 Å². The number of thioether (sulfide) groups is 2. The van der Waals surface area contributed by atoms with Gasteiger partial charge in [-0.2, -0.15) is 0 Å². The lowest BCUT2D eigenvalue weighted by atomic mass is 10.1. The van der Waals surface area contributed by atoms with Gasteiger partial charge < -0.3 is 35.9 Å². The van der Waals surface area contributed by atoms with Crippen molar-refractivity contribution in [2.75, 3.05) is 23.8 Å². The number of nitrogens with two attached hydrogens (primary N) is 1. The van der Waals surface area contributed by atoms with E-state index in [9.17, 15) is 29.7 Å². The van der Waals surface area contributed by atoms with E-state index in [1.165, 1.54) is 57.3 Å². The highest BCUT2D eigenvalue weighted by molar-refractivity contribution is 8.01. The predicted octanol–water partition coefficient (Wildman–Crippen LogP) is 2.11. The number of thiazole rings is 1. The molecule has 1 fully saturated rings. The number of nitrogens with one attached hydrogen (secondary N) is 1. The van der Waals surface area contributed by atoms with Crippen molar-refractivity contribution in [1.29, 1.82) is 0 Å². The number of amides is 2. The molecule has 2 aliphatic rings. The summed E-state index contributed by atoms with van der Waals surface area (Å²) in [6.07, 6.45) is 3.57. The second-order valence-corrected chi connectivity index (χ2v) is 12.7. The van der Waals surface area contributed by atoms with Gasteiger partial charge in [-0.25, -0.2) is 9.78 Å². The molecular formula is C24H19N7O8S4. The average Bonchev–Trinajstić information content (AvgIpc) is 3.63. The largest absolute Gasteiger partial charge is 0.512 e. The minimum absolute atomic E-state index is 0.133. The Kier molecular flexibility index (Phi) is 8.91. The zero-order valence-electron chi connectivity index (χ0n) is 21.5. The molecule has 3 aromatic rings. The van der Waals surface area contributed by atoms with Gasteiger partial charge in [-0.15, -0.1) is 39.7 Å². The molecule has 43 heavy (non-hydrogen) atoms. The average molecular weight is 662 g/mol. The van der Waals surface area contributed by atoms with E-state index in [1.807, 2.05) is 0 Å². The van der Waals surface area contributed by atoms with Crippen LogP contribution in [-0.4, -0.2) is 88.6 Å². The number of carbonyl (C=O) groups excluding carboxylic acids is 2. The quantitative estimate of drug-likeness (QED) is 0.0307. The molecule has 5 rings (SSSR count). The maximum Gasteiger partial charge on any atom is 0.512 e. The molecule has 15 nitrogen and oxygen atoms in total. The van der Waals surface area contributed by atoms with Crippen molar-refractivity contribution < 1.29 is 39.3 Å². The molecule has 4 heterocycles. The molecule has 6 N–H and O–H groups in total. The first-order chi connectivity index (χ1) is 20.7. The number of anilines is 1. The van der Waals surface area contributed by atoms with Gasteiger partial charge in [0, 0.05) is 28.0 Å². The molecule has 2 atom stereocenters. The number of carboxylic acid groups (broad SMARTS) is 1. The van der Waals surface area contributed by atoms with E-state index in [4.69, 9.17) is 21.7 Å². The molecule has 0 unspecified atom stereocenters. The highest BCUT2D eigenvalue weighted by Crippen LogP contribution is 2.42. The van der Waals surface area contributed by atoms with Crippen LogP contribution in [-0.2, 0) is 19.2 Å². The molecule has 0 radical (unpaired) electrons. The molecule has 0 bridgehead atoms. The molecule has 1 aromatic carbocycles. The van der Waals surface area contributed by atoms with Crippen molar-refractivity contribution in [1.82, 2.24) is 25.4 Å². The van der Waals surface area contributed by atoms with Gasteiger partial charge >= 0.3 is 6.16 Å². The third-order valence-electron chi connectivity index (χ3n) is 5.75. The number of nitrogen functional groups attached to an aromatic ring is 1. The van der Waals surface area contributed by atoms with E-state index >= 15 is 0 Å². The third kappa shape index (κ3) is 6.46. The molecular weight excluding hydrogens is 643 g/mol. The van der Waals surface area contributed by atoms with Crippen molar-refractivity contribution in [2.24, 2.45) is 5.16 Å². The smallest absolute Gasteiger partial charge is 0.504 e. The van der Waals surface area contributed by atoms with E-state index in [0.29, 0.717) is 26.2 Å². The molecule has 19 heteroatoms. The van der Waals surface area contributed by atoms with Gasteiger partial charge in [-0.05, 0) is 18.2 Å². The van der Waals surface area contributed by atoms with Crippen LogP contribution in [0.25, 0.3) is 10.6 Å². The topological polar surface area (TPSA) is 223 Å². The minimum atomic E-state index is -1.60. The number of fused-ring (bicyclic) bond motifs is 1. The lowest BCUT2D eigenvalue weighted by Gasteiger charge is -2.49. The number of ether oxygens (including phenoxy) is 1. The van der Waals surface area contributed by atoms with Gasteiger partial charge in [-0.1, -0.05) is 34.2 Å². The van der Waals surface area contributed by atoms with E-state index in [1.54, 1.807) is 6.07 Å². The normalized spacial score (nSPS) is 18.0. The molecule has 2 amide bonds. The Morgan fingerprint density at radius 1 is 1.30 bits per heavy atom. The number of oxime groups is 1. The van der Waals surface area contributed by atoms with Crippen molar-refractivity contribution in [2.45, 2.75) is 15.8 Å². The fourth-order valence-corrected chi connectivity index (χ4v) is 7.69. The Morgan fingerprint density at radius 2 is 2.12 bits per heavy atom. The van der Waals surface area contributed by atoms with Crippen molar-refractivity contribution in [3.05, 3.63) is 40.7 Å². The van der Waals surface area contributed by atoms with Crippen molar-refractivity contribution in [3.63, 3.8) is 0 Å². The summed E-state index contributed by atoms with van der Waals surface area (Å²) in [5.74, 6) is 0.710. The minimum Gasteiger partial charge on any atom is -0.504 e. The molecule has 0 spiro atoms. The molecule has 0 saturated carbocycles. The van der Waals surface area contributed by atoms with Gasteiger partial charge in [0.05, 0.1) is 0 Å². The summed E-state index contributed by atoms with van der Waals surface area (Å²) in [7, 11) is 0. The molecule has 2 aliphatic heterocycles. The Balaban J connectivity index is 1.29. The van der Waals surface area contributed by atoms with Crippen molar-refractivity contribution >= 4 is 75.0 Å². The number of phenols is 2. The third-order valence-corrected chi connectivity index (χ3v) is 9.95. The van der Waals surface area contributed by atoms with Gasteiger partial charge in [0.1, 0.15) is 22.1 Å². The number of hydrogen-bond donors (Lipinski definition) is 5. The van der Waals surface area contributed by atoms with Crippen LogP contribution < -0.4 is 11.1 Å². The number of terminal acetylenes is 1. The van der Waals surface area contributed by atoms with Gasteiger partial charge in [-0.3, -0.25) is 14.5 Å². The first-order valence-electron chi connectivity index (χ1n) is 11.9. The molecule has 222 valence electrons. The number of benzene rings is 1. The molecule has 2 aromatic heterocycles. The monoisotopic (exact) mass is 661 g/mol. The summed E-state index contributed by atoms with van der Waals surface area (Å²) in [5, 5.41) is 44.8. The number of rotatable bonds is 10. The number of phenolic OH excluding ortho intramolecular Hbond substituents is 2. The molecule has 1 saturated heterocycles. The van der Waals surface area contributed by atoms with Crippen LogP contribution in [0.4, 0.5) is 9.93 Å². The van der Waals surface area contributed by atoms with Gasteiger partial charge in [0.15, 0.2) is 33.3 Å². The maximum absolute atomic E-state index is 13.2. The van der Waals surface area contributed by atoms with Crippen LogP contribution in [0, 0.1) is 12.3 Å². The summed E-state index contributed by atoms with van der Waals surface area (Å²) in [4.78, 5) is 48.0. The van der Waals surface area contributed by atoms with Crippen LogP contribution in [0.5, 0.6) is 11.5 Å². The number of nitrogens with zero attached hydrogens (tertiary/aromatic N) is 5. The SMILES string of the molecule is C#CCON=C(C(=O)N[C@@H]1C(=O)N2C(OC(=O)O)=C(CSc3nnc(-c4ccc(O)c(O)c4)s3)CS[C@@H]12)c1csc(N)n1. The lowest BCUT2D eigenvalue weighted by molar-refractivity contribution is -0.148. The fourth-order valence-electron chi connectivity index (χ4n) is 3.84. The number of aromatic nitrogens is 3. The number of β-lactam (4-membered cyclic amide) rings is 1. The number of hydrogen-bond acceptors (Lipinski definition) is 16. The summed E-state index contributed by atoms with van der Waals surface area (Å²) in [5.41, 5.74) is 6.65.